The molecule has 0 atom stereocenters. The average molecular weight is 320 g/mol. The van der Waals surface area contributed by atoms with Crippen molar-refractivity contribution in [2.45, 2.75) is 26.5 Å². The topological polar surface area (TPSA) is 44.1 Å². The Morgan fingerprint density at radius 3 is 2.21 bits per heavy atom. The van der Waals surface area contributed by atoms with Crippen molar-refractivity contribution < 1.29 is 4.74 Å². The third-order valence-corrected chi connectivity index (χ3v) is 3.86. The van der Waals surface area contributed by atoms with E-state index in [0.29, 0.717) is 31.0 Å². The molecule has 0 fully saturated rings. The maximum Gasteiger partial charge on any atom is 0.260 e. The van der Waals surface area contributed by atoms with E-state index in [1.165, 1.54) is 0 Å². The molecule has 0 N–H and O–H groups in total. The molecule has 0 saturated carbocycles. The Kier molecular flexibility index (Phi) is 5.06. The van der Waals surface area contributed by atoms with Crippen LogP contribution >= 0.6 is 0 Å². The second-order valence-corrected chi connectivity index (χ2v) is 5.57. The lowest BCUT2D eigenvalue weighted by Gasteiger charge is -2.12. The van der Waals surface area contributed by atoms with Crippen LogP contribution in [0.25, 0.3) is 0 Å². The zero-order valence-electron chi connectivity index (χ0n) is 13.7. The van der Waals surface area contributed by atoms with E-state index < -0.39 is 0 Å². The van der Waals surface area contributed by atoms with Crippen molar-refractivity contribution in [3.05, 3.63) is 94.0 Å². The summed E-state index contributed by atoms with van der Waals surface area (Å²) in [5, 5.41) is 0. The first-order valence-corrected chi connectivity index (χ1v) is 8.07. The maximum absolute atomic E-state index is 12.7. The van der Waals surface area contributed by atoms with Gasteiger partial charge in [-0.1, -0.05) is 67.6 Å². The van der Waals surface area contributed by atoms with Gasteiger partial charge in [0.05, 0.1) is 12.1 Å². The fourth-order valence-electron chi connectivity index (χ4n) is 2.56. The summed E-state index contributed by atoms with van der Waals surface area (Å²) in [6.07, 6.45) is 2.15. The summed E-state index contributed by atoms with van der Waals surface area (Å²) in [6.45, 7) is 2.86. The molecule has 0 spiro atoms. The van der Waals surface area contributed by atoms with Gasteiger partial charge in [-0.05, 0) is 17.5 Å². The van der Waals surface area contributed by atoms with Gasteiger partial charge in [-0.3, -0.25) is 9.36 Å². The van der Waals surface area contributed by atoms with Crippen LogP contribution in [0.2, 0.25) is 0 Å². The molecular weight excluding hydrogens is 300 g/mol. The van der Waals surface area contributed by atoms with Crippen molar-refractivity contribution >= 4 is 0 Å². The van der Waals surface area contributed by atoms with Gasteiger partial charge < -0.3 is 4.74 Å². The average Bonchev–Trinajstić information content (AvgIpc) is 2.64. The summed E-state index contributed by atoms with van der Waals surface area (Å²) < 4.78 is 7.40. The van der Waals surface area contributed by atoms with Crippen LogP contribution in [0.15, 0.2) is 71.8 Å². The molecular formula is C20H20N2O2. The molecule has 0 amide bonds. The van der Waals surface area contributed by atoms with E-state index in [0.717, 1.165) is 11.1 Å². The Labute approximate surface area is 141 Å². The standard InChI is InChI=1S/C20H20N2O2/c1-2-18-19(24-14-17-11-7-4-8-12-17)21-15-22(20(18)23)13-16-9-5-3-6-10-16/h3-12,15H,2,13-14H2,1H3. The minimum Gasteiger partial charge on any atom is -0.472 e. The molecule has 1 aromatic heterocycles. The van der Waals surface area contributed by atoms with Crippen LogP contribution in [0.1, 0.15) is 23.6 Å². The van der Waals surface area contributed by atoms with Gasteiger partial charge >= 0.3 is 0 Å². The molecule has 0 aliphatic carbocycles. The molecule has 122 valence electrons. The number of benzene rings is 2. The summed E-state index contributed by atoms with van der Waals surface area (Å²) in [5.41, 5.74) is 2.69. The number of rotatable bonds is 6. The molecule has 4 heteroatoms. The third-order valence-electron chi connectivity index (χ3n) is 3.86. The molecule has 0 aliphatic rings. The maximum atomic E-state index is 12.7. The van der Waals surface area contributed by atoms with Gasteiger partial charge in [0.15, 0.2) is 0 Å². The van der Waals surface area contributed by atoms with Crippen LogP contribution < -0.4 is 10.3 Å². The van der Waals surface area contributed by atoms with Crippen LogP contribution in [0.5, 0.6) is 5.88 Å². The van der Waals surface area contributed by atoms with Gasteiger partial charge in [0.1, 0.15) is 12.9 Å². The van der Waals surface area contributed by atoms with Crippen LogP contribution in [-0.2, 0) is 19.6 Å². The largest absolute Gasteiger partial charge is 0.472 e. The monoisotopic (exact) mass is 320 g/mol. The first-order chi connectivity index (χ1) is 11.8. The molecule has 2 aromatic carbocycles. The van der Waals surface area contributed by atoms with E-state index in [1.54, 1.807) is 10.9 Å². The zero-order valence-corrected chi connectivity index (χ0v) is 13.7. The Morgan fingerprint density at radius 1 is 0.958 bits per heavy atom. The minimum absolute atomic E-state index is 0.0422. The number of nitrogens with zero attached hydrogens (tertiary/aromatic N) is 2. The summed E-state index contributed by atoms with van der Waals surface area (Å²) in [5.74, 6) is 0.427. The lowest BCUT2D eigenvalue weighted by molar-refractivity contribution is 0.288. The van der Waals surface area contributed by atoms with Gasteiger partial charge in [0.2, 0.25) is 5.88 Å². The second kappa shape index (κ2) is 7.59. The van der Waals surface area contributed by atoms with Gasteiger partial charge in [-0.15, -0.1) is 0 Å². The second-order valence-electron chi connectivity index (χ2n) is 5.57. The number of aromatic nitrogens is 2. The van der Waals surface area contributed by atoms with Gasteiger partial charge in [-0.25, -0.2) is 4.98 Å². The lowest BCUT2D eigenvalue weighted by Crippen LogP contribution is -2.25. The molecule has 0 aliphatic heterocycles. The summed E-state index contributed by atoms with van der Waals surface area (Å²) in [6, 6.07) is 19.7. The predicted molar refractivity (Wildman–Crippen MR) is 94.2 cm³/mol. The van der Waals surface area contributed by atoms with Gasteiger partial charge in [0, 0.05) is 0 Å². The van der Waals surface area contributed by atoms with E-state index in [9.17, 15) is 4.79 Å². The van der Waals surface area contributed by atoms with E-state index in [1.807, 2.05) is 67.6 Å². The van der Waals surface area contributed by atoms with Gasteiger partial charge in [0.25, 0.3) is 5.56 Å². The highest BCUT2D eigenvalue weighted by Crippen LogP contribution is 2.14. The SMILES string of the molecule is CCc1c(OCc2ccccc2)ncn(Cc2ccccc2)c1=O. The summed E-state index contributed by atoms with van der Waals surface area (Å²) in [4.78, 5) is 17.0. The predicted octanol–water partition coefficient (Wildman–Crippen LogP) is 3.43. The lowest BCUT2D eigenvalue weighted by atomic mass is 10.2. The van der Waals surface area contributed by atoms with Crippen molar-refractivity contribution in [3.63, 3.8) is 0 Å². The Bertz CT molecular complexity index is 843. The molecule has 4 nitrogen and oxygen atoms in total. The molecule has 24 heavy (non-hydrogen) atoms. The van der Waals surface area contributed by atoms with Crippen molar-refractivity contribution in [1.82, 2.24) is 9.55 Å². The molecule has 3 aromatic rings. The number of ether oxygens (including phenoxy) is 1. The fourth-order valence-corrected chi connectivity index (χ4v) is 2.56. The zero-order chi connectivity index (χ0) is 16.8. The van der Waals surface area contributed by atoms with Crippen LogP contribution in [-0.4, -0.2) is 9.55 Å². The van der Waals surface area contributed by atoms with Gasteiger partial charge in [-0.2, -0.15) is 0 Å². The minimum atomic E-state index is -0.0422. The van der Waals surface area contributed by atoms with Crippen molar-refractivity contribution in [2.24, 2.45) is 0 Å². The first kappa shape index (κ1) is 16.0. The van der Waals surface area contributed by atoms with E-state index in [-0.39, 0.29) is 5.56 Å². The highest BCUT2D eigenvalue weighted by molar-refractivity contribution is 5.25. The molecule has 1 heterocycles. The van der Waals surface area contributed by atoms with Crippen molar-refractivity contribution in [3.8, 4) is 5.88 Å². The van der Waals surface area contributed by atoms with Crippen molar-refractivity contribution in [1.29, 1.82) is 0 Å². The third kappa shape index (κ3) is 3.71. The van der Waals surface area contributed by atoms with E-state index >= 15 is 0 Å². The number of hydrogen-bond donors (Lipinski definition) is 0. The van der Waals surface area contributed by atoms with Crippen LogP contribution in [0.4, 0.5) is 0 Å². The highest BCUT2D eigenvalue weighted by Gasteiger charge is 2.12. The molecule has 0 unspecified atom stereocenters. The molecule has 3 rings (SSSR count). The molecule has 0 bridgehead atoms. The van der Waals surface area contributed by atoms with Crippen LogP contribution in [0, 0.1) is 0 Å². The Morgan fingerprint density at radius 2 is 1.58 bits per heavy atom. The smallest absolute Gasteiger partial charge is 0.260 e. The quantitative estimate of drug-likeness (QED) is 0.699. The Balaban J connectivity index is 1.81. The van der Waals surface area contributed by atoms with Crippen LogP contribution in [0.3, 0.4) is 0 Å². The summed E-state index contributed by atoms with van der Waals surface area (Å²) in [7, 11) is 0. The normalized spacial score (nSPS) is 10.5. The summed E-state index contributed by atoms with van der Waals surface area (Å²) >= 11 is 0. The van der Waals surface area contributed by atoms with E-state index in [2.05, 4.69) is 4.98 Å². The first-order valence-electron chi connectivity index (χ1n) is 8.07. The highest BCUT2D eigenvalue weighted by atomic mass is 16.5. The number of hydrogen-bond acceptors (Lipinski definition) is 3. The van der Waals surface area contributed by atoms with E-state index in [4.69, 9.17) is 4.74 Å². The molecule has 0 radical (unpaired) electrons. The Hall–Kier alpha value is -2.88. The fraction of sp³-hybridized carbons (Fsp3) is 0.200. The van der Waals surface area contributed by atoms with Crippen molar-refractivity contribution in [2.75, 3.05) is 0 Å². The molecule has 0 saturated heterocycles.